The van der Waals surface area contributed by atoms with Gasteiger partial charge < -0.3 is 0 Å². The van der Waals surface area contributed by atoms with Gasteiger partial charge in [-0.15, -0.1) is 0 Å². The molecule has 1 radical (unpaired) electrons. The molecule has 1 aromatic rings. The lowest BCUT2D eigenvalue weighted by atomic mass is 10.1. The van der Waals surface area contributed by atoms with Gasteiger partial charge in [0.05, 0.1) is 0 Å². The Morgan fingerprint density at radius 3 is 2.32 bits per heavy atom. The number of halogens is 3. The van der Waals surface area contributed by atoms with Crippen molar-refractivity contribution in [3.05, 3.63) is 42.3 Å². The Morgan fingerprint density at radius 1 is 1.32 bits per heavy atom. The lowest BCUT2D eigenvalue weighted by Crippen LogP contribution is -2.31. The highest BCUT2D eigenvalue weighted by molar-refractivity contribution is 7.84. The lowest BCUT2D eigenvalue weighted by Gasteiger charge is -2.16. The van der Waals surface area contributed by atoms with Gasteiger partial charge in [0, 0.05) is 6.04 Å². The predicted molar refractivity (Wildman–Crippen MR) is 77.6 cm³/mol. The van der Waals surface area contributed by atoms with Crippen molar-refractivity contribution in [3.63, 3.8) is 0 Å². The van der Waals surface area contributed by atoms with Gasteiger partial charge in [-0.1, -0.05) is 59.1 Å². The highest BCUT2D eigenvalue weighted by atomic mass is 35.6. The molecule has 0 aromatic heterocycles. The van der Waals surface area contributed by atoms with Crippen LogP contribution in [0.25, 0.3) is 0 Å². The summed E-state index contributed by atoms with van der Waals surface area (Å²) in [5.41, 5.74) is 1.61. The second kappa shape index (κ2) is 6.61. The van der Waals surface area contributed by atoms with E-state index in [1.54, 1.807) is 31.2 Å². The topological polar surface area (TPSA) is 55.4 Å². The zero-order chi connectivity index (χ0) is 14.7. The average Bonchev–Trinajstić information content (AvgIpc) is 2.26. The molecule has 0 aliphatic carbocycles. The summed E-state index contributed by atoms with van der Waals surface area (Å²) in [6.45, 7) is 4.86. The summed E-state index contributed by atoms with van der Waals surface area (Å²) in [5, 5.41) is 0. The number of nitrogens with one attached hydrogen (secondary N) is 1. The molecular weight excluding hydrogens is 333 g/mol. The highest BCUT2D eigenvalue weighted by Gasteiger charge is 2.25. The van der Waals surface area contributed by atoms with E-state index in [9.17, 15) is 8.42 Å². The summed E-state index contributed by atoms with van der Waals surface area (Å²) in [5.74, 6) is 0. The van der Waals surface area contributed by atoms with E-state index in [1.807, 2.05) is 0 Å². The first-order valence-electron chi connectivity index (χ1n) is 5.24. The Balaban J connectivity index is 2.65. The van der Waals surface area contributed by atoms with Crippen molar-refractivity contribution in [2.75, 3.05) is 6.61 Å². The van der Waals surface area contributed by atoms with E-state index < -0.39 is 26.7 Å². The van der Waals surface area contributed by atoms with Gasteiger partial charge in [-0.05, 0) is 25.0 Å². The second-order valence-corrected chi connectivity index (χ2v) is 7.81. The van der Waals surface area contributed by atoms with E-state index in [1.165, 1.54) is 0 Å². The number of hydrogen-bond donors (Lipinski definition) is 1. The highest BCUT2D eigenvalue weighted by Crippen LogP contribution is 2.26. The standard InChI is InChI=1S/C11H13Cl3NO3S/c1-8-3-5-10(6-4-8)9(2)15-19(16,17)18-7-11(12,13)14/h3-6,9,15H,1,7H2,2H3. The Hall–Kier alpha value is -0.0400. The molecule has 0 heterocycles. The molecule has 1 unspecified atom stereocenters. The van der Waals surface area contributed by atoms with Crippen LogP contribution in [0.5, 0.6) is 0 Å². The van der Waals surface area contributed by atoms with Gasteiger partial charge in [0.25, 0.3) is 0 Å². The molecule has 0 spiro atoms. The van der Waals surface area contributed by atoms with Gasteiger partial charge in [-0.2, -0.15) is 13.1 Å². The molecule has 107 valence electrons. The fraction of sp³-hybridized carbons (Fsp3) is 0.364. The number of rotatable bonds is 5. The van der Waals surface area contributed by atoms with Crippen molar-refractivity contribution in [1.82, 2.24) is 4.72 Å². The van der Waals surface area contributed by atoms with Gasteiger partial charge in [-0.25, -0.2) is 0 Å². The van der Waals surface area contributed by atoms with Crippen LogP contribution in [0.2, 0.25) is 0 Å². The van der Waals surface area contributed by atoms with Crippen molar-refractivity contribution in [3.8, 4) is 0 Å². The van der Waals surface area contributed by atoms with Gasteiger partial charge in [-0.3, -0.25) is 4.18 Å². The van der Waals surface area contributed by atoms with E-state index in [2.05, 4.69) is 15.8 Å². The largest absolute Gasteiger partial charge is 0.336 e. The molecule has 1 N–H and O–H groups in total. The van der Waals surface area contributed by atoms with E-state index in [-0.39, 0.29) is 0 Å². The molecule has 0 aliphatic heterocycles. The minimum atomic E-state index is -3.99. The van der Waals surface area contributed by atoms with E-state index in [0.717, 1.165) is 11.1 Å². The third-order valence-corrected chi connectivity index (χ3v) is 3.58. The van der Waals surface area contributed by atoms with Crippen LogP contribution in [-0.4, -0.2) is 18.8 Å². The van der Waals surface area contributed by atoms with Crippen molar-refractivity contribution in [1.29, 1.82) is 0 Å². The molecular formula is C11H13Cl3NO3S. The number of alkyl halides is 3. The molecule has 0 saturated heterocycles. The Labute approximate surface area is 128 Å². The summed E-state index contributed by atoms with van der Waals surface area (Å²) in [6.07, 6.45) is 0. The normalized spacial score (nSPS) is 14.4. The number of hydrogen-bond acceptors (Lipinski definition) is 3. The zero-order valence-corrected chi connectivity index (χ0v) is 13.2. The van der Waals surface area contributed by atoms with Crippen molar-refractivity contribution in [2.24, 2.45) is 0 Å². The average molecular weight is 346 g/mol. The zero-order valence-electron chi connectivity index (χ0n) is 10.1. The first kappa shape index (κ1) is 17.0. The molecule has 0 saturated carbocycles. The SMILES string of the molecule is [CH2]c1ccc(C(C)NS(=O)(=O)OCC(Cl)(Cl)Cl)cc1. The summed E-state index contributed by atoms with van der Waals surface area (Å²) in [4.78, 5) is 0. The minimum absolute atomic E-state index is 0.471. The quantitative estimate of drug-likeness (QED) is 0.834. The lowest BCUT2D eigenvalue weighted by molar-refractivity contribution is 0.314. The van der Waals surface area contributed by atoms with E-state index in [4.69, 9.17) is 34.8 Å². The first-order chi connectivity index (χ1) is 8.59. The molecule has 0 fully saturated rings. The second-order valence-electron chi connectivity index (χ2n) is 3.91. The Morgan fingerprint density at radius 2 is 1.84 bits per heavy atom. The third-order valence-electron chi connectivity index (χ3n) is 2.18. The molecule has 1 rings (SSSR count). The summed E-state index contributed by atoms with van der Waals surface area (Å²) < 4.78 is 28.3. The Bertz CT molecular complexity index is 511. The van der Waals surface area contributed by atoms with Crippen LogP contribution in [0, 0.1) is 6.92 Å². The maximum atomic E-state index is 11.6. The monoisotopic (exact) mass is 344 g/mol. The third kappa shape index (κ3) is 6.79. The Kier molecular flexibility index (Phi) is 5.92. The van der Waals surface area contributed by atoms with Crippen LogP contribution < -0.4 is 4.72 Å². The van der Waals surface area contributed by atoms with Crippen LogP contribution >= 0.6 is 34.8 Å². The van der Waals surface area contributed by atoms with Crippen molar-refractivity contribution in [2.45, 2.75) is 16.8 Å². The fourth-order valence-electron chi connectivity index (χ4n) is 1.27. The predicted octanol–water partition coefficient (Wildman–Crippen LogP) is 3.15. The van der Waals surface area contributed by atoms with Crippen LogP contribution in [0.3, 0.4) is 0 Å². The number of benzene rings is 1. The van der Waals surface area contributed by atoms with E-state index in [0.29, 0.717) is 0 Å². The van der Waals surface area contributed by atoms with Gasteiger partial charge in [0.2, 0.25) is 3.79 Å². The maximum Gasteiger partial charge on any atom is 0.336 e. The summed E-state index contributed by atoms with van der Waals surface area (Å²) in [6, 6.07) is 6.63. The van der Waals surface area contributed by atoms with Crippen LogP contribution in [-0.2, 0) is 14.5 Å². The molecule has 8 heteroatoms. The fourth-order valence-corrected chi connectivity index (χ4v) is 2.60. The van der Waals surface area contributed by atoms with Gasteiger partial charge in [0.15, 0.2) is 0 Å². The molecule has 0 amide bonds. The smallest absolute Gasteiger partial charge is 0.254 e. The van der Waals surface area contributed by atoms with Crippen LogP contribution in [0.15, 0.2) is 24.3 Å². The molecule has 0 bridgehead atoms. The van der Waals surface area contributed by atoms with E-state index >= 15 is 0 Å². The molecule has 0 aliphatic rings. The van der Waals surface area contributed by atoms with Crippen LogP contribution in [0.4, 0.5) is 0 Å². The molecule has 19 heavy (non-hydrogen) atoms. The maximum absolute atomic E-state index is 11.6. The molecule has 1 aromatic carbocycles. The van der Waals surface area contributed by atoms with Crippen molar-refractivity contribution >= 4 is 45.1 Å². The van der Waals surface area contributed by atoms with Crippen molar-refractivity contribution < 1.29 is 12.6 Å². The van der Waals surface area contributed by atoms with Crippen LogP contribution in [0.1, 0.15) is 24.1 Å². The first-order valence-corrected chi connectivity index (χ1v) is 7.79. The molecule has 4 nitrogen and oxygen atoms in total. The molecule has 1 atom stereocenters. The minimum Gasteiger partial charge on any atom is -0.254 e. The van der Waals surface area contributed by atoms with Gasteiger partial charge in [0.1, 0.15) is 6.61 Å². The van der Waals surface area contributed by atoms with Gasteiger partial charge >= 0.3 is 10.3 Å². The summed E-state index contributed by atoms with van der Waals surface area (Å²) in [7, 11) is -3.99. The summed E-state index contributed by atoms with van der Waals surface area (Å²) >= 11 is 16.3.